The van der Waals surface area contributed by atoms with Gasteiger partial charge >= 0.3 is 6.03 Å². The maximum atomic E-state index is 12.3. The summed E-state index contributed by atoms with van der Waals surface area (Å²) in [5, 5.41) is 6.05. The molecule has 6 heteroatoms. The van der Waals surface area contributed by atoms with E-state index in [1.54, 1.807) is 11.3 Å². The number of carbonyl (C=O) groups excluding carboxylic acids is 1. The Morgan fingerprint density at radius 3 is 2.95 bits per heavy atom. The molecule has 2 heterocycles. The molecule has 124 valence electrons. The van der Waals surface area contributed by atoms with E-state index in [9.17, 15) is 4.79 Å². The van der Waals surface area contributed by atoms with Crippen LogP contribution in [0.5, 0.6) is 0 Å². The maximum absolute atomic E-state index is 12.3. The Bertz CT molecular complexity index is 489. The molecule has 0 aliphatic carbocycles. The molecular formula is C16H27N3O2S. The average molecular weight is 325 g/mol. The number of aromatic nitrogens is 1. The molecule has 0 spiro atoms. The summed E-state index contributed by atoms with van der Waals surface area (Å²) in [6.45, 7) is 10.6. The highest BCUT2D eigenvalue weighted by molar-refractivity contribution is 7.09. The molecule has 1 fully saturated rings. The summed E-state index contributed by atoms with van der Waals surface area (Å²) < 4.78 is 5.85. The molecule has 1 aromatic rings. The number of carbonyl (C=O) groups is 1. The van der Waals surface area contributed by atoms with Gasteiger partial charge in [0.05, 0.1) is 22.8 Å². The van der Waals surface area contributed by atoms with Crippen LogP contribution < -0.4 is 5.32 Å². The summed E-state index contributed by atoms with van der Waals surface area (Å²) in [5.41, 5.74) is 0.930. The first-order chi connectivity index (χ1) is 10.5. The third kappa shape index (κ3) is 4.95. The molecule has 2 amide bonds. The van der Waals surface area contributed by atoms with Crippen LogP contribution in [0.25, 0.3) is 0 Å². The van der Waals surface area contributed by atoms with Crippen LogP contribution in [0.2, 0.25) is 0 Å². The number of amides is 2. The molecule has 22 heavy (non-hydrogen) atoms. The van der Waals surface area contributed by atoms with Gasteiger partial charge in [-0.05, 0) is 32.6 Å². The van der Waals surface area contributed by atoms with Crippen molar-refractivity contribution in [1.82, 2.24) is 15.2 Å². The van der Waals surface area contributed by atoms with Gasteiger partial charge in [-0.15, -0.1) is 11.3 Å². The predicted molar refractivity (Wildman–Crippen MR) is 89.2 cm³/mol. The van der Waals surface area contributed by atoms with Crippen molar-refractivity contribution in [2.75, 3.05) is 19.7 Å². The maximum Gasteiger partial charge on any atom is 0.318 e. The van der Waals surface area contributed by atoms with E-state index in [0.29, 0.717) is 12.5 Å². The number of nitrogens with zero attached hydrogens (tertiary/aromatic N) is 2. The Hall–Kier alpha value is -1.14. The quantitative estimate of drug-likeness (QED) is 0.872. The highest BCUT2D eigenvalue weighted by Gasteiger charge is 2.27. The van der Waals surface area contributed by atoms with Gasteiger partial charge in [-0.2, -0.15) is 0 Å². The number of aryl methyl sites for hydroxylation is 1. The van der Waals surface area contributed by atoms with E-state index in [4.69, 9.17) is 4.74 Å². The van der Waals surface area contributed by atoms with Crippen molar-refractivity contribution in [1.29, 1.82) is 0 Å². The SMILES string of the molecule is Cc1nc([C@H](C)NC(=O)N2CC[C@H](OCCC(C)C)C2)cs1. The van der Waals surface area contributed by atoms with Crippen LogP contribution in [0.4, 0.5) is 4.79 Å². The number of thiazole rings is 1. The molecule has 1 aliphatic heterocycles. The lowest BCUT2D eigenvalue weighted by Crippen LogP contribution is -2.40. The highest BCUT2D eigenvalue weighted by Crippen LogP contribution is 2.18. The fourth-order valence-electron chi connectivity index (χ4n) is 2.45. The van der Waals surface area contributed by atoms with E-state index < -0.39 is 0 Å². The molecule has 1 saturated heterocycles. The standard InChI is InChI=1S/C16H27N3O2S/c1-11(2)6-8-21-14-5-7-19(9-14)16(20)17-12(3)15-10-22-13(4)18-15/h10-12,14H,5-9H2,1-4H3,(H,17,20)/t12-,14-/m0/s1. The summed E-state index contributed by atoms with van der Waals surface area (Å²) in [4.78, 5) is 18.6. The second-order valence-corrected chi connectivity index (χ2v) is 7.43. The number of nitrogens with one attached hydrogen (secondary N) is 1. The first-order valence-corrected chi connectivity index (χ1v) is 8.92. The summed E-state index contributed by atoms with van der Waals surface area (Å²) in [7, 11) is 0. The van der Waals surface area contributed by atoms with Crippen molar-refractivity contribution in [3.05, 3.63) is 16.1 Å². The van der Waals surface area contributed by atoms with E-state index in [2.05, 4.69) is 24.1 Å². The van der Waals surface area contributed by atoms with Crippen LogP contribution >= 0.6 is 11.3 Å². The van der Waals surface area contributed by atoms with Crippen molar-refractivity contribution in [2.24, 2.45) is 5.92 Å². The molecule has 0 radical (unpaired) electrons. The smallest absolute Gasteiger partial charge is 0.318 e. The van der Waals surface area contributed by atoms with Crippen LogP contribution in [0.3, 0.4) is 0 Å². The zero-order valence-electron chi connectivity index (χ0n) is 14.0. The van der Waals surface area contributed by atoms with Crippen LogP contribution in [-0.4, -0.2) is 41.7 Å². The van der Waals surface area contributed by atoms with E-state index in [1.165, 1.54) is 0 Å². The molecule has 1 N–H and O–H groups in total. The summed E-state index contributed by atoms with van der Waals surface area (Å²) in [5.74, 6) is 0.656. The van der Waals surface area contributed by atoms with Crippen molar-refractivity contribution in [2.45, 2.75) is 52.7 Å². The first-order valence-electron chi connectivity index (χ1n) is 8.04. The lowest BCUT2D eigenvalue weighted by molar-refractivity contribution is 0.0542. The molecule has 2 rings (SSSR count). The average Bonchev–Trinajstić information content (AvgIpc) is 3.07. The van der Waals surface area contributed by atoms with Crippen LogP contribution in [-0.2, 0) is 4.74 Å². The summed E-state index contributed by atoms with van der Waals surface area (Å²) in [6.07, 6.45) is 2.18. The zero-order valence-corrected chi connectivity index (χ0v) is 14.8. The van der Waals surface area contributed by atoms with Crippen LogP contribution in [0.1, 0.15) is 50.4 Å². The topological polar surface area (TPSA) is 54.5 Å². The van der Waals surface area contributed by atoms with Gasteiger partial charge in [-0.25, -0.2) is 9.78 Å². The fourth-order valence-corrected chi connectivity index (χ4v) is 3.15. The van der Waals surface area contributed by atoms with E-state index in [0.717, 1.165) is 36.7 Å². The van der Waals surface area contributed by atoms with E-state index in [1.807, 2.05) is 24.1 Å². The predicted octanol–water partition coefficient (Wildman–Crippen LogP) is 3.36. The largest absolute Gasteiger partial charge is 0.376 e. The minimum Gasteiger partial charge on any atom is -0.376 e. The van der Waals surface area contributed by atoms with E-state index >= 15 is 0 Å². The number of rotatable bonds is 6. The Morgan fingerprint density at radius 1 is 1.55 bits per heavy atom. The van der Waals surface area contributed by atoms with Gasteiger partial charge in [0.2, 0.25) is 0 Å². The normalized spacial score (nSPS) is 19.7. The molecule has 2 atom stereocenters. The second-order valence-electron chi connectivity index (χ2n) is 6.37. The monoisotopic (exact) mass is 325 g/mol. The van der Waals surface area contributed by atoms with Gasteiger partial charge in [0.1, 0.15) is 0 Å². The third-order valence-corrected chi connectivity index (χ3v) is 4.69. The third-order valence-electron chi connectivity index (χ3n) is 3.90. The van der Waals surface area contributed by atoms with Crippen LogP contribution in [0.15, 0.2) is 5.38 Å². The summed E-state index contributed by atoms with van der Waals surface area (Å²) >= 11 is 1.61. The van der Waals surface area contributed by atoms with Crippen molar-refractivity contribution >= 4 is 17.4 Å². The molecular weight excluding hydrogens is 298 g/mol. The van der Waals surface area contributed by atoms with Gasteiger partial charge in [0.15, 0.2) is 0 Å². The van der Waals surface area contributed by atoms with Gasteiger partial charge in [0, 0.05) is 25.1 Å². The van der Waals surface area contributed by atoms with E-state index in [-0.39, 0.29) is 18.2 Å². The van der Waals surface area contributed by atoms with Gasteiger partial charge < -0.3 is 15.0 Å². The van der Waals surface area contributed by atoms with Gasteiger partial charge in [0.25, 0.3) is 0 Å². The van der Waals surface area contributed by atoms with Crippen molar-refractivity contribution in [3.63, 3.8) is 0 Å². The minimum atomic E-state index is -0.0571. The number of urea groups is 1. The lowest BCUT2D eigenvalue weighted by Gasteiger charge is -2.20. The zero-order chi connectivity index (χ0) is 16.1. The van der Waals surface area contributed by atoms with Gasteiger partial charge in [-0.3, -0.25) is 0 Å². The number of hydrogen-bond donors (Lipinski definition) is 1. The number of hydrogen-bond acceptors (Lipinski definition) is 4. The minimum absolute atomic E-state index is 0.0203. The molecule has 1 aromatic heterocycles. The molecule has 0 bridgehead atoms. The Labute approximate surface area is 137 Å². The molecule has 1 aliphatic rings. The molecule has 0 saturated carbocycles. The lowest BCUT2D eigenvalue weighted by atomic mass is 10.1. The van der Waals surface area contributed by atoms with Crippen molar-refractivity contribution < 1.29 is 9.53 Å². The first kappa shape index (κ1) is 17.2. The Morgan fingerprint density at radius 2 is 2.32 bits per heavy atom. The Kier molecular flexibility index (Phi) is 6.20. The molecule has 5 nitrogen and oxygen atoms in total. The fraction of sp³-hybridized carbons (Fsp3) is 0.750. The van der Waals surface area contributed by atoms with Crippen LogP contribution in [0, 0.1) is 12.8 Å². The number of likely N-dealkylation sites (tertiary alicyclic amines) is 1. The summed E-state index contributed by atoms with van der Waals surface area (Å²) in [6, 6.07) is -0.0773. The Balaban J connectivity index is 1.74. The highest BCUT2D eigenvalue weighted by atomic mass is 32.1. The number of ether oxygens (including phenoxy) is 1. The van der Waals surface area contributed by atoms with Gasteiger partial charge in [-0.1, -0.05) is 13.8 Å². The molecule has 0 aromatic carbocycles. The van der Waals surface area contributed by atoms with Crippen molar-refractivity contribution in [3.8, 4) is 0 Å². The second kappa shape index (κ2) is 7.92. The molecule has 0 unspecified atom stereocenters.